The van der Waals surface area contributed by atoms with Crippen molar-refractivity contribution in [3.8, 4) is 0 Å². The molecular formula is C14H15Cl2NS. The Bertz CT molecular complexity index is 543. The van der Waals surface area contributed by atoms with E-state index in [2.05, 4.69) is 25.2 Å². The van der Waals surface area contributed by atoms with E-state index in [0.717, 1.165) is 5.56 Å². The van der Waals surface area contributed by atoms with E-state index in [1.807, 2.05) is 25.2 Å². The Morgan fingerprint density at radius 3 is 2.22 bits per heavy atom. The van der Waals surface area contributed by atoms with E-state index in [1.165, 1.54) is 15.3 Å². The van der Waals surface area contributed by atoms with E-state index in [-0.39, 0.29) is 6.04 Å². The molecule has 2 rings (SSSR count). The molecule has 0 amide bonds. The fourth-order valence-electron chi connectivity index (χ4n) is 2.18. The topological polar surface area (TPSA) is 12.0 Å². The molecule has 1 N–H and O–H groups in total. The summed E-state index contributed by atoms with van der Waals surface area (Å²) >= 11 is 14.4. The zero-order valence-electron chi connectivity index (χ0n) is 10.6. The van der Waals surface area contributed by atoms with Crippen LogP contribution in [0, 0.1) is 13.8 Å². The molecule has 1 aromatic carbocycles. The van der Waals surface area contributed by atoms with Crippen molar-refractivity contribution in [1.82, 2.24) is 5.32 Å². The molecule has 0 radical (unpaired) electrons. The molecule has 1 aromatic heterocycles. The Balaban J connectivity index is 2.55. The molecule has 0 fully saturated rings. The summed E-state index contributed by atoms with van der Waals surface area (Å²) in [7, 11) is 1.93. The summed E-state index contributed by atoms with van der Waals surface area (Å²) in [4.78, 5) is 2.59. The number of halogens is 2. The van der Waals surface area contributed by atoms with Gasteiger partial charge in [-0.15, -0.1) is 11.3 Å². The molecule has 4 heteroatoms. The molecule has 1 unspecified atom stereocenters. The van der Waals surface area contributed by atoms with Gasteiger partial charge in [-0.3, -0.25) is 0 Å². The highest BCUT2D eigenvalue weighted by Gasteiger charge is 2.21. The minimum atomic E-state index is 0.0381. The van der Waals surface area contributed by atoms with Gasteiger partial charge in [0.1, 0.15) is 0 Å². The number of hydrogen-bond acceptors (Lipinski definition) is 2. The van der Waals surface area contributed by atoms with Crippen molar-refractivity contribution in [2.24, 2.45) is 0 Å². The van der Waals surface area contributed by atoms with E-state index < -0.39 is 0 Å². The third-order valence-corrected chi connectivity index (χ3v) is 4.61. The molecule has 0 spiro atoms. The van der Waals surface area contributed by atoms with Gasteiger partial charge in [0.2, 0.25) is 0 Å². The molecule has 0 aliphatic carbocycles. The summed E-state index contributed by atoms with van der Waals surface area (Å²) in [5.74, 6) is 0. The average Bonchev–Trinajstić information content (AvgIpc) is 2.63. The van der Waals surface area contributed by atoms with Crippen molar-refractivity contribution in [1.29, 1.82) is 0 Å². The maximum atomic E-state index is 6.29. The Hall–Kier alpha value is -0.540. The number of nitrogens with one attached hydrogen (secondary N) is 1. The third kappa shape index (κ3) is 2.57. The van der Waals surface area contributed by atoms with Crippen molar-refractivity contribution in [2.75, 3.05) is 7.05 Å². The first kappa shape index (κ1) is 13.9. The van der Waals surface area contributed by atoms with E-state index >= 15 is 0 Å². The SMILES string of the molecule is CNC(c1cc(C)sc1C)c1c(Cl)cccc1Cl. The molecule has 1 atom stereocenters. The van der Waals surface area contributed by atoms with Crippen LogP contribution in [0.2, 0.25) is 10.0 Å². The molecule has 18 heavy (non-hydrogen) atoms. The standard InChI is InChI=1S/C14H15Cl2NS/c1-8-7-10(9(2)18-8)14(17-3)13-11(15)5-4-6-12(13)16/h4-7,14,17H,1-3H3. The van der Waals surface area contributed by atoms with Gasteiger partial charge >= 0.3 is 0 Å². The van der Waals surface area contributed by atoms with Crippen molar-refractivity contribution in [3.63, 3.8) is 0 Å². The molecule has 0 saturated heterocycles. The van der Waals surface area contributed by atoms with Crippen LogP contribution in [0.4, 0.5) is 0 Å². The average molecular weight is 300 g/mol. The number of benzene rings is 1. The predicted octanol–water partition coefficient (Wildman–Crippen LogP) is 4.98. The molecule has 0 saturated carbocycles. The summed E-state index contributed by atoms with van der Waals surface area (Å²) < 4.78 is 0. The van der Waals surface area contributed by atoms with Crippen molar-refractivity contribution in [2.45, 2.75) is 19.9 Å². The summed E-state index contributed by atoms with van der Waals surface area (Å²) in [5, 5.41) is 4.71. The lowest BCUT2D eigenvalue weighted by atomic mass is 9.99. The first-order valence-corrected chi connectivity index (χ1v) is 7.30. The number of rotatable bonds is 3. The normalized spacial score (nSPS) is 12.7. The van der Waals surface area contributed by atoms with Gasteiger partial charge < -0.3 is 5.32 Å². The highest BCUT2D eigenvalue weighted by molar-refractivity contribution is 7.12. The summed E-state index contributed by atoms with van der Waals surface area (Å²) in [6, 6.07) is 7.85. The lowest BCUT2D eigenvalue weighted by molar-refractivity contribution is 0.691. The first-order valence-electron chi connectivity index (χ1n) is 5.72. The van der Waals surface area contributed by atoms with Crippen molar-refractivity contribution in [3.05, 3.63) is 55.2 Å². The van der Waals surface area contributed by atoms with E-state index in [1.54, 1.807) is 11.3 Å². The quantitative estimate of drug-likeness (QED) is 0.843. The maximum Gasteiger partial charge on any atom is 0.0614 e. The molecule has 0 aliphatic rings. The molecule has 0 bridgehead atoms. The molecule has 0 aliphatic heterocycles. The molecule has 1 heterocycles. The fraction of sp³-hybridized carbons (Fsp3) is 0.286. The molecule has 96 valence electrons. The van der Waals surface area contributed by atoms with Crippen LogP contribution >= 0.6 is 34.5 Å². The van der Waals surface area contributed by atoms with Crippen LogP contribution in [0.5, 0.6) is 0 Å². The lowest BCUT2D eigenvalue weighted by Crippen LogP contribution is -2.18. The fourth-order valence-corrected chi connectivity index (χ4v) is 3.76. The monoisotopic (exact) mass is 299 g/mol. The minimum absolute atomic E-state index is 0.0381. The van der Waals surface area contributed by atoms with Crippen LogP contribution in [0.3, 0.4) is 0 Å². The molecule has 2 aromatic rings. The van der Waals surface area contributed by atoms with Crippen LogP contribution < -0.4 is 5.32 Å². The summed E-state index contributed by atoms with van der Waals surface area (Å²) in [6.07, 6.45) is 0. The Morgan fingerprint density at radius 2 is 1.78 bits per heavy atom. The van der Waals surface area contributed by atoms with Crippen LogP contribution in [0.25, 0.3) is 0 Å². The van der Waals surface area contributed by atoms with Gasteiger partial charge in [0.15, 0.2) is 0 Å². The number of hydrogen-bond donors (Lipinski definition) is 1. The second-order valence-corrected chi connectivity index (χ2v) is 6.50. The number of thiophene rings is 1. The van der Waals surface area contributed by atoms with E-state index in [9.17, 15) is 0 Å². The largest absolute Gasteiger partial charge is 0.309 e. The predicted molar refractivity (Wildman–Crippen MR) is 81.2 cm³/mol. The summed E-state index contributed by atoms with van der Waals surface area (Å²) in [5.41, 5.74) is 2.19. The smallest absolute Gasteiger partial charge is 0.0614 e. The minimum Gasteiger partial charge on any atom is -0.309 e. The van der Waals surface area contributed by atoms with Gasteiger partial charge in [-0.25, -0.2) is 0 Å². The maximum absolute atomic E-state index is 6.29. The second-order valence-electron chi connectivity index (χ2n) is 4.23. The summed E-state index contributed by atoms with van der Waals surface area (Å²) in [6.45, 7) is 4.24. The van der Waals surface area contributed by atoms with Gasteiger partial charge in [-0.05, 0) is 44.7 Å². The Labute approximate surface area is 122 Å². The van der Waals surface area contributed by atoms with Crippen molar-refractivity contribution >= 4 is 34.5 Å². The van der Waals surface area contributed by atoms with E-state index in [4.69, 9.17) is 23.2 Å². The van der Waals surface area contributed by atoms with Gasteiger partial charge in [0, 0.05) is 25.4 Å². The Morgan fingerprint density at radius 1 is 1.17 bits per heavy atom. The first-order chi connectivity index (χ1) is 8.54. The highest BCUT2D eigenvalue weighted by Crippen LogP contribution is 2.37. The molecule has 1 nitrogen and oxygen atoms in total. The Kier molecular flexibility index (Phi) is 4.33. The zero-order valence-corrected chi connectivity index (χ0v) is 12.9. The lowest BCUT2D eigenvalue weighted by Gasteiger charge is -2.19. The van der Waals surface area contributed by atoms with Gasteiger partial charge in [-0.1, -0.05) is 29.3 Å². The van der Waals surface area contributed by atoms with Crippen LogP contribution in [0.15, 0.2) is 24.3 Å². The molecular weight excluding hydrogens is 285 g/mol. The van der Waals surface area contributed by atoms with Crippen LogP contribution in [-0.4, -0.2) is 7.05 Å². The third-order valence-electron chi connectivity index (χ3n) is 2.97. The van der Waals surface area contributed by atoms with Gasteiger partial charge in [0.05, 0.1) is 6.04 Å². The van der Waals surface area contributed by atoms with Gasteiger partial charge in [-0.2, -0.15) is 0 Å². The van der Waals surface area contributed by atoms with Gasteiger partial charge in [0.25, 0.3) is 0 Å². The zero-order chi connectivity index (χ0) is 13.3. The van der Waals surface area contributed by atoms with Crippen molar-refractivity contribution < 1.29 is 0 Å². The highest BCUT2D eigenvalue weighted by atomic mass is 35.5. The number of aryl methyl sites for hydroxylation is 2. The van der Waals surface area contributed by atoms with Crippen LogP contribution in [0.1, 0.15) is 26.9 Å². The van der Waals surface area contributed by atoms with Crippen LogP contribution in [-0.2, 0) is 0 Å². The van der Waals surface area contributed by atoms with E-state index in [0.29, 0.717) is 10.0 Å². The second kappa shape index (κ2) is 5.62.